The molecule has 0 bridgehead atoms. The maximum atomic E-state index is 12.4. The van der Waals surface area contributed by atoms with E-state index in [-0.39, 0.29) is 16.1 Å². The van der Waals surface area contributed by atoms with Gasteiger partial charge in [0, 0.05) is 11.6 Å². The van der Waals surface area contributed by atoms with E-state index < -0.39 is 10.0 Å². The van der Waals surface area contributed by atoms with Crippen LogP contribution in [0.1, 0.15) is 15.9 Å². The molecule has 0 heterocycles. The molecule has 23 heavy (non-hydrogen) atoms. The van der Waals surface area contributed by atoms with Gasteiger partial charge in [-0.1, -0.05) is 17.7 Å². The highest BCUT2D eigenvalue weighted by molar-refractivity contribution is 7.92. The predicted octanol–water partition coefficient (Wildman–Crippen LogP) is 2.63. The Kier molecular flexibility index (Phi) is 4.90. The van der Waals surface area contributed by atoms with Crippen molar-refractivity contribution in [3.63, 3.8) is 0 Å². The van der Waals surface area contributed by atoms with Crippen LogP contribution in [0.2, 0.25) is 0 Å². The van der Waals surface area contributed by atoms with Crippen LogP contribution in [-0.4, -0.2) is 28.9 Å². The first kappa shape index (κ1) is 16.8. The lowest BCUT2D eigenvalue weighted by Crippen LogP contribution is -2.14. The van der Waals surface area contributed by atoms with Crippen molar-refractivity contribution in [1.29, 1.82) is 0 Å². The lowest BCUT2D eigenvalue weighted by molar-refractivity contribution is 0.112. The van der Waals surface area contributed by atoms with Crippen molar-refractivity contribution in [2.45, 2.75) is 11.8 Å². The molecular formula is C16H17NO5S. The highest BCUT2D eigenvalue weighted by Gasteiger charge is 2.18. The average Bonchev–Trinajstić information content (AvgIpc) is 2.54. The van der Waals surface area contributed by atoms with Crippen molar-refractivity contribution in [1.82, 2.24) is 0 Å². The van der Waals surface area contributed by atoms with Gasteiger partial charge in [-0.2, -0.15) is 0 Å². The molecule has 0 aliphatic heterocycles. The van der Waals surface area contributed by atoms with Crippen LogP contribution in [-0.2, 0) is 10.0 Å². The van der Waals surface area contributed by atoms with Gasteiger partial charge >= 0.3 is 0 Å². The Balaban J connectivity index is 2.45. The third-order valence-corrected chi connectivity index (χ3v) is 4.64. The topological polar surface area (TPSA) is 81.7 Å². The molecular weight excluding hydrogens is 318 g/mol. The van der Waals surface area contributed by atoms with Crippen LogP contribution >= 0.6 is 0 Å². The van der Waals surface area contributed by atoms with E-state index in [9.17, 15) is 13.2 Å². The average molecular weight is 335 g/mol. The second kappa shape index (κ2) is 6.70. The summed E-state index contributed by atoms with van der Waals surface area (Å²) in [6.45, 7) is 1.86. The molecule has 0 amide bonds. The molecule has 0 fully saturated rings. The number of benzene rings is 2. The molecule has 0 radical (unpaired) electrons. The van der Waals surface area contributed by atoms with Gasteiger partial charge < -0.3 is 9.47 Å². The fourth-order valence-electron chi connectivity index (χ4n) is 2.00. The van der Waals surface area contributed by atoms with E-state index >= 15 is 0 Å². The number of hydrogen-bond donors (Lipinski definition) is 1. The molecule has 1 N–H and O–H groups in total. The molecule has 7 heteroatoms. The van der Waals surface area contributed by atoms with E-state index in [2.05, 4.69) is 4.72 Å². The fraction of sp³-hybridized carbons (Fsp3) is 0.188. The first-order chi connectivity index (χ1) is 10.9. The van der Waals surface area contributed by atoms with E-state index in [4.69, 9.17) is 9.47 Å². The van der Waals surface area contributed by atoms with E-state index in [1.807, 2.05) is 6.92 Å². The minimum Gasteiger partial charge on any atom is -0.493 e. The number of rotatable bonds is 6. The number of methoxy groups -OCH3 is 2. The first-order valence-electron chi connectivity index (χ1n) is 6.72. The summed E-state index contributed by atoms with van der Waals surface area (Å²) >= 11 is 0. The zero-order valence-corrected chi connectivity index (χ0v) is 13.8. The molecule has 2 aromatic rings. The minimum atomic E-state index is -3.81. The number of hydrogen-bond acceptors (Lipinski definition) is 5. The summed E-state index contributed by atoms with van der Waals surface area (Å²) in [5, 5.41) is 0. The quantitative estimate of drug-likeness (QED) is 0.821. The Morgan fingerprint density at radius 3 is 2.09 bits per heavy atom. The van der Waals surface area contributed by atoms with Crippen molar-refractivity contribution < 1.29 is 22.7 Å². The molecule has 0 aliphatic rings. The molecule has 0 aliphatic carbocycles. The molecule has 122 valence electrons. The highest BCUT2D eigenvalue weighted by atomic mass is 32.2. The van der Waals surface area contributed by atoms with Gasteiger partial charge in [0.05, 0.1) is 24.8 Å². The molecule has 0 unspecified atom stereocenters. The van der Waals surface area contributed by atoms with Gasteiger partial charge in [-0.3, -0.25) is 9.52 Å². The Bertz CT molecular complexity index is 813. The van der Waals surface area contributed by atoms with Crippen LogP contribution in [0, 0.1) is 6.92 Å². The number of carbonyl (C=O) groups is 1. The molecule has 0 spiro atoms. The van der Waals surface area contributed by atoms with E-state index in [0.717, 1.165) is 5.56 Å². The zero-order chi connectivity index (χ0) is 17.0. The van der Waals surface area contributed by atoms with Crippen LogP contribution in [0.25, 0.3) is 0 Å². The molecule has 0 saturated heterocycles. The number of sulfonamides is 1. The van der Waals surface area contributed by atoms with Gasteiger partial charge in [0.15, 0.2) is 17.8 Å². The lowest BCUT2D eigenvalue weighted by atomic mass is 10.2. The van der Waals surface area contributed by atoms with E-state index in [1.54, 1.807) is 12.1 Å². The van der Waals surface area contributed by atoms with Gasteiger partial charge in [-0.25, -0.2) is 8.42 Å². The Morgan fingerprint density at radius 2 is 1.57 bits per heavy atom. The number of anilines is 1. The van der Waals surface area contributed by atoms with Crippen LogP contribution in [0.15, 0.2) is 41.3 Å². The number of nitrogens with one attached hydrogen (secondary N) is 1. The third kappa shape index (κ3) is 3.62. The molecule has 0 saturated carbocycles. The number of ether oxygens (including phenoxy) is 2. The zero-order valence-electron chi connectivity index (χ0n) is 13.0. The summed E-state index contributed by atoms with van der Waals surface area (Å²) < 4.78 is 37.5. The van der Waals surface area contributed by atoms with Crippen molar-refractivity contribution in [3.8, 4) is 11.5 Å². The van der Waals surface area contributed by atoms with Gasteiger partial charge in [0.2, 0.25) is 0 Å². The Morgan fingerprint density at radius 1 is 1.00 bits per heavy atom. The first-order valence-corrected chi connectivity index (χ1v) is 8.20. The Hall–Kier alpha value is -2.54. The van der Waals surface area contributed by atoms with Crippen LogP contribution in [0.3, 0.4) is 0 Å². The second-order valence-corrected chi connectivity index (χ2v) is 6.51. The predicted molar refractivity (Wildman–Crippen MR) is 86.9 cm³/mol. The summed E-state index contributed by atoms with van der Waals surface area (Å²) in [4.78, 5) is 11.3. The molecule has 0 atom stereocenters. The number of carbonyl (C=O) groups excluding carboxylic acids is 1. The van der Waals surface area contributed by atoms with Gasteiger partial charge in [0.1, 0.15) is 0 Å². The lowest BCUT2D eigenvalue weighted by Gasteiger charge is -2.14. The molecule has 6 nitrogen and oxygen atoms in total. The standard InChI is InChI=1S/C16H17NO5S/c1-11-4-6-13(7-5-11)23(19,20)17-14-9-16(22-3)15(21-2)8-12(14)10-18/h4-10,17H,1-3H3. The summed E-state index contributed by atoms with van der Waals surface area (Å²) in [5.41, 5.74) is 1.22. The number of aryl methyl sites for hydroxylation is 1. The smallest absolute Gasteiger partial charge is 0.261 e. The number of aldehydes is 1. The monoisotopic (exact) mass is 335 g/mol. The van der Waals surface area contributed by atoms with Crippen LogP contribution < -0.4 is 14.2 Å². The van der Waals surface area contributed by atoms with E-state index in [0.29, 0.717) is 17.8 Å². The SMILES string of the molecule is COc1cc(C=O)c(NS(=O)(=O)c2ccc(C)cc2)cc1OC. The Labute approximate surface area is 135 Å². The maximum absolute atomic E-state index is 12.4. The molecule has 0 aromatic heterocycles. The van der Waals surface area contributed by atoms with Gasteiger partial charge in [-0.15, -0.1) is 0 Å². The fourth-order valence-corrected chi connectivity index (χ4v) is 3.08. The summed E-state index contributed by atoms with van der Waals surface area (Å²) in [6.07, 6.45) is 0.551. The van der Waals surface area contributed by atoms with Crippen molar-refractivity contribution in [3.05, 3.63) is 47.5 Å². The minimum absolute atomic E-state index is 0.106. The summed E-state index contributed by atoms with van der Waals surface area (Å²) in [5.74, 6) is 0.660. The normalized spacial score (nSPS) is 10.9. The van der Waals surface area contributed by atoms with Crippen molar-refractivity contribution in [2.24, 2.45) is 0 Å². The van der Waals surface area contributed by atoms with Crippen molar-refractivity contribution in [2.75, 3.05) is 18.9 Å². The maximum Gasteiger partial charge on any atom is 0.261 e. The molecule has 2 rings (SSSR count). The largest absolute Gasteiger partial charge is 0.493 e. The van der Waals surface area contributed by atoms with Gasteiger partial charge in [0.25, 0.3) is 10.0 Å². The summed E-state index contributed by atoms with van der Waals surface area (Å²) in [7, 11) is -0.952. The highest BCUT2D eigenvalue weighted by Crippen LogP contribution is 2.33. The van der Waals surface area contributed by atoms with Gasteiger partial charge in [-0.05, 0) is 25.1 Å². The third-order valence-electron chi connectivity index (χ3n) is 3.26. The molecule has 2 aromatic carbocycles. The van der Waals surface area contributed by atoms with Crippen LogP contribution in [0.4, 0.5) is 5.69 Å². The van der Waals surface area contributed by atoms with Crippen molar-refractivity contribution >= 4 is 22.0 Å². The summed E-state index contributed by atoms with van der Waals surface area (Å²) in [6, 6.07) is 9.22. The second-order valence-electron chi connectivity index (χ2n) is 4.83. The van der Waals surface area contributed by atoms with E-state index in [1.165, 1.54) is 38.5 Å². The van der Waals surface area contributed by atoms with Crippen LogP contribution in [0.5, 0.6) is 11.5 Å².